The van der Waals surface area contributed by atoms with Gasteiger partial charge in [0.2, 0.25) is 18.6 Å². The van der Waals surface area contributed by atoms with E-state index in [4.69, 9.17) is 14.2 Å². The number of nitrogens with one attached hydrogen (secondary N) is 2. The molecule has 0 unspecified atom stereocenters. The molecule has 2 amide bonds. The maximum atomic E-state index is 11.8. The summed E-state index contributed by atoms with van der Waals surface area (Å²) in [4.78, 5) is 23.5. The lowest BCUT2D eigenvalue weighted by atomic mass is 10.2. The highest BCUT2D eigenvalue weighted by atomic mass is 16.7. The zero-order valence-corrected chi connectivity index (χ0v) is 13.5. The fraction of sp³-hybridized carbons (Fsp3) is 0.222. The van der Waals surface area contributed by atoms with Gasteiger partial charge in [0.1, 0.15) is 13.2 Å². The third-order valence-corrected chi connectivity index (χ3v) is 3.45. The molecule has 0 radical (unpaired) electrons. The zero-order valence-electron chi connectivity index (χ0n) is 13.5. The Balaban J connectivity index is 1.35. The Labute approximate surface area is 144 Å². The molecule has 0 atom stereocenters. The van der Waals surface area contributed by atoms with Crippen LogP contribution in [0, 0.1) is 0 Å². The lowest BCUT2D eigenvalue weighted by Gasteiger charge is -2.08. The Bertz CT molecular complexity index is 748. The van der Waals surface area contributed by atoms with Crippen molar-refractivity contribution >= 4 is 17.5 Å². The largest absolute Gasteiger partial charge is 0.454 e. The Morgan fingerprint density at radius 2 is 1.72 bits per heavy atom. The molecule has 25 heavy (non-hydrogen) atoms. The van der Waals surface area contributed by atoms with Crippen LogP contribution in [-0.2, 0) is 20.9 Å². The van der Waals surface area contributed by atoms with Crippen LogP contribution in [0.3, 0.4) is 0 Å². The number of benzene rings is 2. The number of carbonyl (C=O) groups excluding carboxylic acids is 2. The number of anilines is 1. The summed E-state index contributed by atoms with van der Waals surface area (Å²) in [6, 6.07) is 14.5. The van der Waals surface area contributed by atoms with Crippen LogP contribution in [-0.4, -0.2) is 31.8 Å². The monoisotopic (exact) mass is 342 g/mol. The van der Waals surface area contributed by atoms with Crippen molar-refractivity contribution in [2.45, 2.75) is 6.54 Å². The third-order valence-electron chi connectivity index (χ3n) is 3.45. The molecule has 2 N–H and O–H groups in total. The second-order valence-electron chi connectivity index (χ2n) is 5.37. The lowest BCUT2D eigenvalue weighted by molar-refractivity contribution is -0.128. The normalized spacial score (nSPS) is 11.8. The molecule has 3 rings (SSSR count). The molecule has 7 nitrogen and oxygen atoms in total. The second-order valence-corrected chi connectivity index (χ2v) is 5.37. The van der Waals surface area contributed by atoms with Gasteiger partial charge in [-0.1, -0.05) is 24.3 Å². The average Bonchev–Trinajstić information content (AvgIpc) is 3.08. The molecule has 7 heteroatoms. The molecule has 0 aromatic heterocycles. The molecule has 130 valence electrons. The van der Waals surface area contributed by atoms with Gasteiger partial charge in [-0.15, -0.1) is 0 Å². The molecule has 0 aliphatic carbocycles. The first-order chi connectivity index (χ1) is 12.2. The van der Waals surface area contributed by atoms with Crippen LogP contribution in [0.1, 0.15) is 5.56 Å². The van der Waals surface area contributed by atoms with Crippen LogP contribution < -0.4 is 20.1 Å². The van der Waals surface area contributed by atoms with Gasteiger partial charge in [-0.25, -0.2) is 0 Å². The van der Waals surface area contributed by atoms with Crippen molar-refractivity contribution in [3.05, 3.63) is 54.1 Å². The van der Waals surface area contributed by atoms with E-state index in [0.717, 1.165) is 5.56 Å². The first-order valence-electron chi connectivity index (χ1n) is 7.78. The van der Waals surface area contributed by atoms with Crippen molar-refractivity contribution in [1.82, 2.24) is 5.32 Å². The fourth-order valence-corrected chi connectivity index (χ4v) is 2.26. The third kappa shape index (κ3) is 4.95. The van der Waals surface area contributed by atoms with E-state index in [-0.39, 0.29) is 31.8 Å². The van der Waals surface area contributed by atoms with E-state index in [1.54, 1.807) is 18.2 Å². The standard InChI is InChI=1S/C18H18N2O5/c21-17(10-23-11-18(22)20-14-4-2-1-3-5-14)19-9-13-6-7-15-16(8-13)25-12-24-15/h1-8H,9-12H2,(H,19,21)(H,20,22). The van der Waals surface area contributed by atoms with Gasteiger partial charge in [-0.3, -0.25) is 9.59 Å². The van der Waals surface area contributed by atoms with E-state index in [1.807, 2.05) is 30.3 Å². The number of amides is 2. The summed E-state index contributed by atoms with van der Waals surface area (Å²) in [5.74, 6) is 0.753. The zero-order chi connectivity index (χ0) is 17.5. The van der Waals surface area contributed by atoms with Crippen molar-refractivity contribution in [3.8, 4) is 11.5 Å². The first kappa shape index (κ1) is 16.8. The SMILES string of the molecule is O=C(COCC(=O)Nc1ccccc1)NCc1ccc2c(c1)OCO2. The Morgan fingerprint density at radius 1 is 0.960 bits per heavy atom. The number of rotatable bonds is 7. The molecular formula is C18H18N2O5. The van der Waals surface area contributed by atoms with Crippen molar-refractivity contribution in [2.24, 2.45) is 0 Å². The number of carbonyl (C=O) groups is 2. The molecule has 1 heterocycles. The summed E-state index contributed by atoms with van der Waals surface area (Å²) in [5.41, 5.74) is 1.57. The van der Waals surface area contributed by atoms with E-state index < -0.39 is 0 Å². The molecule has 0 fully saturated rings. The smallest absolute Gasteiger partial charge is 0.250 e. The van der Waals surface area contributed by atoms with Crippen LogP contribution in [0.25, 0.3) is 0 Å². The number of fused-ring (bicyclic) bond motifs is 1. The molecule has 1 aliphatic rings. The van der Waals surface area contributed by atoms with Crippen LogP contribution in [0.15, 0.2) is 48.5 Å². The highest BCUT2D eigenvalue weighted by Gasteiger charge is 2.13. The summed E-state index contributed by atoms with van der Waals surface area (Å²) in [7, 11) is 0. The minimum atomic E-state index is -0.310. The Kier molecular flexibility index (Phi) is 5.48. The van der Waals surface area contributed by atoms with E-state index in [0.29, 0.717) is 23.7 Å². The van der Waals surface area contributed by atoms with Gasteiger partial charge in [0, 0.05) is 12.2 Å². The van der Waals surface area contributed by atoms with E-state index in [1.165, 1.54) is 0 Å². The van der Waals surface area contributed by atoms with Gasteiger partial charge < -0.3 is 24.8 Å². The van der Waals surface area contributed by atoms with Crippen LogP contribution in [0.4, 0.5) is 5.69 Å². The minimum absolute atomic E-state index is 0.188. The molecule has 1 aliphatic heterocycles. The van der Waals surface area contributed by atoms with Gasteiger partial charge in [0.25, 0.3) is 0 Å². The molecule has 0 bridgehead atoms. The minimum Gasteiger partial charge on any atom is -0.454 e. The Hall–Kier alpha value is -3.06. The molecule has 0 saturated heterocycles. The predicted molar refractivity (Wildman–Crippen MR) is 90.3 cm³/mol. The van der Waals surface area contributed by atoms with Gasteiger partial charge in [0.15, 0.2) is 11.5 Å². The second kappa shape index (κ2) is 8.16. The van der Waals surface area contributed by atoms with Crippen molar-refractivity contribution < 1.29 is 23.8 Å². The summed E-state index contributed by atoms with van der Waals surface area (Å²) in [6.07, 6.45) is 0. The van der Waals surface area contributed by atoms with Crippen molar-refractivity contribution in [1.29, 1.82) is 0 Å². The Morgan fingerprint density at radius 3 is 2.56 bits per heavy atom. The maximum absolute atomic E-state index is 11.8. The fourth-order valence-electron chi connectivity index (χ4n) is 2.26. The molecule has 0 spiro atoms. The molecular weight excluding hydrogens is 324 g/mol. The quantitative estimate of drug-likeness (QED) is 0.800. The van der Waals surface area contributed by atoms with E-state index in [2.05, 4.69) is 10.6 Å². The maximum Gasteiger partial charge on any atom is 0.250 e. The van der Waals surface area contributed by atoms with Crippen LogP contribution >= 0.6 is 0 Å². The van der Waals surface area contributed by atoms with E-state index >= 15 is 0 Å². The molecule has 2 aromatic carbocycles. The summed E-state index contributed by atoms with van der Waals surface area (Å²) in [5, 5.41) is 5.40. The van der Waals surface area contributed by atoms with E-state index in [9.17, 15) is 9.59 Å². The number of hydrogen-bond acceptors (Lipinski definition) is 5. The number of hydrogen-bond donors (Lipinski definition) is 2. The number of ether oxygens (including phenoxy) is 3. The molecule has 0 saturated carbocycles. The predicted octanol–water partition coefficient (Wildman–Crippen LogP) is 1.69. The average molecular weight is 342 g/mol. The van der Waals surface area contributed by atoms with Gasteiger partial charge in [0.05, 0.1) is 0 Å². The van der Waals surface area contributed by atoms with Gasteiger partial charge >= 0.3 is 0 Å². The lowest BCUT2D eigenvalue weighted by Crippen LogP contribution is -2.29. The number of para-hydroxylation sites is 1. The van der Waals surface area contributed by atoms with Crippen LogP contribution in [0.2, 0.25) is 0 Å². The topological polar surface area (TPSA) is 85.9 Å². The van der Waals surface area contributed by atoms with Gasteiger partial charge in [-0.05, 0) is 29.8 Å². The van der Waals surface area contributed by atoms with Crippen LogP contribution in [0.5, 0.6) is 11.5 Å². The highest BCUT2D eigenvalue weighted by Crippen LogP contribution is 2.32. The van der Waals surface area contributed by atoms with Gasteiger partial charge in [-0.2, -0.15) is 0 Å². The molecule has 2 aromatic rings. The van der Waals surface area contributed by atoms with Crippen molar-refractivity contribution in [3.63, 3.8) is 0 Å². The summed E-state index contributed by atoms with van der Waals surface area (Å²) < 4.78 is 15.6. The first-order valence-corrected chi connectivity index (χ1v) is 7.78. The van der Waals surface area contributed by atoms with Crippen molar-refractivity contribution in [2.75, 3.05) is 25.3 Å². The highest BCUT2D eigenvalue weighted by molar-refractivity contribution is 5.91. The summed E-state index contributed by atoms with van der Waals surface area (Å²) in [6.45, 7) is 0.179. The summed E-state index contributed by atoms with van der Waals surface area (Å²) >= 11 is 0.